The molecule has 9 heteroatoms. The van der Waals surface area contributed by atoms with E-state index in [4.69, 9.17) is 9.47 Å². The first-order chi connectivity index (χ1) is 12.5. The Hall–Kier alpha value is -2.94. The summed E-state index contributed by atoms with van der Waals surface area (Å²) < 4.78 is 10.2. The Labute approximate surface area is 153 Å². The molecule has 1 aromatic heterocycles. The van der Waals surface area contributed by atoms with Gasteiger partial charge in [0.15, 0.2) is 11.5 Å². The maximum Gasteiger partial charge on any atom is 0.286 e. The van der Waals surface area contributed by atoms with E-state index in [1.165, 1.54) is 36.5 Å². The number of nitro groups is 1. The van der Waals surface area contributed by atoms with Crippen LogP contribution in [0.15, 0.2) is 23.6 Å². The van der Waals surface area contributed by atoms with Crippen molar-refractivity contribution in [3.63, 3.8) is 0 Å². The maximum atomic E-state index is 13.1. The molecule has 0 saturated heterocycles. The summed E-state index contributed by atoms with van der Waals surface area (Å²) in [7, 11) is 2.74. The standard InChI is InChI=1S/C17H16N2O6S/c1-24-14-6-12(13(19(22)23)7-15(14)25-2)17(21)18-8-10-3-4-26-16(10)5-11(18)9-20/h3-4,6-7,9,11H,5,8H2,1-2H3/t11-/m0/s1. The number of benzene rings is 1. The van der Waals surface area contributed by atoms with Gasteiger partial charge in [-0.25, -0.2) is 0 Å². The number of amides is 1. The lowest BCUT2D eigenvalue weighted by molar-refractivity contribution is -0.385. The van der Waals surface area contributed by atoms with E-state index in [1.807, 2.05) is 11.4 Å². The Bertz CT molecular complexity index is 878. The van der Waals surface area contributed by atoms with Crippen LogP contribution >= 0.6 is 11.3 Å². The molecular weight excluding hydrogens is 360 g/mol. The van der Waals surface area contributed by atoms with Crippen LogP contribution in [0.2, 0.25) is 0 Å². The van der Waals surface area contributed by atoms with E-state index >= 15 is 0 Å². The SMILES string of the molecule is COc1cc(C(=O)N2Cc3ccsc3C[C@H]2C=O)c([N+](=O)[O-])cc1OC. The van der Waals surface area contributed by atoms with Gasteiger partial charge in [0.25, 0.3) is 11.6 Å². The van der Waals surface area contributed by atoms with Crippen LogP contribution in [-0.2, 0) is 17.8 Å². The third-order valence-electron chi connectivity index (χ3n) is 4.32. The highest BCUT2D eigenvalue weighted by molar-refractivity contribution is 7.10. The highest BCUT2D eigenvalue weighted by Gasteiger charge is 2.35. The number of nitrogens with zero attached hydrogens (tertiary/aromatic N) is 2. The minimum absolute atomic E-state index is 0.141. The fourth-order valence-electron chi connectivity index (χ4n) is 2.98. The number of rotatable bonds is 5. The van der Waals surface area contributed by atoms with Gasteiger partial charge in [-0.2, -0.15) is 0 Å². The van der Waals surface area contributed by atoms with Crippen LogP contribution in [0, 0.1) is 10.1 Å². The number of carbonyl (C=O) groups is 2. The molecule has 1 atom stereocenters. The van der Waals surface area contributed by atoms with Gasteiger partial charge in [0.05, 0.1) is 31.3 Å². The number of hydrogen-bond acceptors (Lipinski definition) is 7. The Morgan fingerprint density at radius 1 is 1.35 bits per heavy atom. The molecule has 26 heavy (non-hydrogen) atoms. The monoisotopic (exact) mass is 376 g/mol. The number of thiophene rings is 1. The van der Waals surface area contributed by atoms with Gasteiger partial charge in [-0.1, -0.05) is 0 Å². The summed E-state index contributed by atoms with van der Waals surface area (Å²) in [6, 6.07) is 3.66. The molecule has 1 amide bonds. The van der Waals surface area contributed by atoms with Gasteiger partial charge >= 0.3 is 0 Å². The first-order valence-corrected chi connectivity index (χ1v) is 8.60. The Morgan fingerprint density at radius 3 is 2.65 bits per heavy atom. The van der Waals surface area contributed by atoms with Crippen molar-refractivity contribution in [2.24, 2.45) is 0 Å². The highest BCUT2D eigenvalue weighted by Crippen LogP contribution is 2.36. The van der Waals surface area contributed by atoms with Crippen molar-refractivity contribution >= 4 is 29.2 Å². The highest BCUT2D eigenvalue weighted by atomic mass is 32.1. The van der Waals surface area contributed by atoms with Gasteiger partial charge in [0, 0.05) is 23.9 Å². The lowest BCUT2D eigenvalue weighted by atomic mass is 10.0. The van der Waals surface area contributed by atoms with Crippen molar-refractivity contribution in [1.29, 1.82) is 0 Å². The smallest absolute Gasteiger partial charge is 0.286 e. The molecule has 1 aliphatic rings. The summed E-state index contributed by atoms with van der Waals surface area (Å²) in [5.41, 5.74) is 0.413. The molecule has 0 spiro atoms. The molecule has 2 heterocycles. The zero-order chi connectivity index (χ0) is 18.8. The molecule has 0 radical (unpaired) electrons. The van der Waals surface area contributed by atoms with E-state index in [2.05, 4.69) is 0 Å². The summed E-state index contributed by atoms with van der Waals surface area (Å²) in [5, 5.41) is 13.4. The molecule has 3 rings (SSSR count). The average Bonchev–Trinajstić information content (AvgIpc) is 3.12. The molecule has 0 saturated carbocycles. The second-order valence-corrected chi connectivity index (χ2v) is 6.69. The summed E-state index contributed by atoms with van der Waals surface area (Å²) in [6.07, 6.45) is 1.11. The van der Waals surface area contributed by atoms with Crippen LogP contribution in [0.25, 0.3) is 0 Å². The lowest BCUT2D eigenvalue weighted by Gasteiger charge is -2.32. The molecule has 0 fully saturated rings. The molecule has 8 nitrogen and oxygen atoms in total. The zero-order valence-corrected chi connectivity index (χ0v) is 14.9. The molecule has 1 aromatic carbocycles. The van der Waals surface area contributed by atoms with Crippen molar-refractivity contribution < 1.29 is 24.0 Å². The van der Waals surface area contributed by atoms with Gasteiger partial charge in [0.1, 0.15) is 11.8 Å². The fourth-order valence-corrected chi connectivity index (χ4v) is 3.92. The summed E-state index contributed by atoms with van der Waals surface area (Å²) in [6.45, 7) is 0.229. The quantitative estimate of drug-likeness (QED) is 0.451. The Kier molecular flexibility index (Phi) is 4.90. The average molecular weight is 376 g/mol. The molecular formula is C17H16N2O6S. The molecule has 0 unspecified atom stereocenters. The first-order valence-electron chi connectivity index (χ1n) is 7.72. The second-order valence-electron chi connectivity index (χ2n) is 5.69. The maximum absolute atomic E-state index is 13.1. The van der Waals surface area contributed by atoms with Crippen LogP contribution in [0.4, 0.5) is 5.69 Å². The van der Waals surface area contributed by atoms with Crippen molar-refractivity contribution in [2.45, 2.75) is 19.0 Å². The molecule has 1 aliphatic heterocycles. The zero-order valence-electron chi connectivity index (χ0n) is 14.1. The number of nitro benzene ring substituents is 1. The second kappa shape index (κ2) is 7.12. The van der Waals surface area contributed by atoms with Crippen molar-refractivity contribution in [3.8, 4) is 11.5 Å². The molecule has 136 valence electrons. The lowest BCUT2D eigenvalue weighted by Crippen LogP contribution is -2.44. The molecule has 0 aliphatic carbocycles. The minimum Gasteiger partial charge on any atom is -0.493 e. The van der Waals surface area contributed by atoms with Crippen LogP contribution in [0.5, 0.6) is 11.5 Å². The van der Waals surface area contributed by atoms with E-state index in [9.17, 15) is 19.7 Å². The van der Waals surface area contributed by atoms with Gasteiger partial charge in [-0.15, -0.1) is 11.3 Å². The molecule has 0 bridgehead atoms. The summed E-state index contributed by atoms with van der Waals surface area (Å²) in [4.78, 5) is 37.8. The number of ether oxygens (including phenoxy) is 2. The van der Waals surface area contributed by atoms with Gasteiger partial charge in [0.2, 0.25) is 0 Å². The normalized spacial score (nSPS) is 15.9. The third-order valence-corrected chi connectivity index (χ3v) is 5.31. The van der Waals surface area contributed by atoms with Crippen LogP contribution in [0.3, 0.4) is 0 Å². The van der Waals surface area contributed by atoms with Gasteiger partial charge < -0.3 is 19.2 Å². The predicted molar refractivity (Wildman–Crippen MR) is 93.9 cm³/mol. The summed E-state index contributed by atoms with van der Waals surface area (Å²) >= 11 is 1.53. The number of methoxy groups -OCH3 is 2. The number of hydrogen-bond donors (Lipinski definition) is 0. The van der Waals surface area contributed by atoms with Gasteiger partial charge in [-0.05, 0) is 17.0 Å². The van der Waals surface area contributed by atoms with Crippen LogP contribution in [0.1, 0.15) is 20.8 Å². The van der Waals surface area contributed by atoms with Crippen molar-refractivity contribution in [1.82, 2.24) is 4.90 Å². The van der Waals surface area contributed by atoms with E-state index in [1.54, 1.807) is 0 Å². The Morgan fingerprint density at radius 2 is 2.04 bits per heavy atom. The van der Waals surface area contributed by atoms with Crippen molar-refractivity contribution in [2.75, 3.05) is 14.2 Å². The number of aldehydes is 1. The van der Waals surface area contributed by atoms with Crippen molar-refractivity contribution in [3.05, 3.63) is 49.7 Å². The summed E-state index contributed by atoms with van der Waals surface area (Å²) in [5.74, 6) is -0.231. The van der Waals surface area contributed by atoms with Crippen LogP contribution < -0.4 is 9.47 Å². The van der Waals surface area contributed by atoms with Crippen LogP contribution in [-0.4, -0.2) is 42.3 Å². The predicted octanol–water partition coefficient (Wildman–Crippen LogP) is 2.44. The fraction of sp³-hybridized carbons (Fsp3) is 0.294. The number of carbonyl (C=O) groups excluding carboxylic acids is 2. The van der Waals surface area contributed by atoms with Gasteiger partial charge in [-0.3, -0.25) is 14.9 Å². The first kappa shape index (κ1) is 17.9. The van der Waals surface area contributed by atoms with E-state index in [0.29, 0.717) is 12.7 Å². The van der Waals surface area contributed by atoms with E-state index in [-0.39, 0.29) is 23.6 Å². The Balaban J connectivity index is 2.06. The molecule has 2 aromatic rings. The minimum atomic E-state index is -0.665. The topological polar surface area (TPSA) is 99.0 Å². The van der Waals surface area contributed by atoms with E-state index in [0.717, 1.165) is 16.5 Å². The molecule has 0 N–H and O–H groups in total. The third kappa shape index (κ3) is 3.01. The van der Waals surface area contributed by atoms with E-state index < -0.39 is 22.6 Å². The number of fused-ring (bicyclic) bond motifs is 1. The largest absolute Gasteiger partial charge is 0.493 e.